The van der Waals surface area contributed by atoms with Crippen molar-refractivity contribution in [3.8, 4) is 23.1 Å². The van der Waals surface area contributed by atoms with Crippen LogP contribution in [0.4, 0.5) is 11.5 Å². The first-order valence-corrected chi connectivity index (χ1v) is 9.49. The number of phenolic OH excluding ortho intramolecular Hbond substituents is 1. The Morgan fingerprint density at radius 2 is 2.18 bits per heavy atom. The summed E-state index contributed by atoms with van der Waals surface area (Å²) in [4.78, 5) is 15.4. The lowest BCUT2D eigenvalue weighted by Gasteiger charge is -2.15. The molecule has 1 amide bonds. The van der Waals surface area contributed by atoms with Gasteiger partial charge in [-0.1, -0.05) is 25.0 Å². The van der Waals surface area contributed by atoms with Crippen molar-refractivity contribution in [3.05, 3.63) is 35.4 Å². The van der Waals surface area contributed by atoms with Crippen molar-refractivity contribution in [2.24, 2.45) is 5.92 Å². The molecule has 5 N–H and O–H groups in total. The van der Waals surface area contributed by atoms with Gasteiger partial charge in [-0.05, 0) is 36.5 Å². The van der Waals surface area contributed by atoms with E-state index >= 15 is 0 Å². The van der Waals surface area contributed by atoms with E-state index in [1.54, 1.807) is 12.1 Å². The number of carbonyl (C=O) groups excluding carboxylic acids is 1. The van der Waals surface area contributed by atoms with E-state index in [-0.39, 0.29) is 23.0 Å². The molecule has 28 heavy (non-hydrogen) atoms. The SMILES string of the molecule is CC(=O)NCCNc1cc(-c2c(O)cccc2CCC2CC2)nc(N)c1C#N. The third-order valence-corrected chi connectivity index (χ3v) is 4.88. The predicted octanol–water partition coefficient (Wildman–Crippen LogP) is 2.80. The minimum absolute atomic E-state index is 0.110. The number of pyridine rings is 1. The van der Waals surface area contributed by atoms with E-state index in [1.165, 1.54) is 19.8 Å². The molecule has 3 rings (SSSR count). The average Bonchev–Trinajstić information content (AvgIpc) is 3.47. The zero-order valence-corrected chi connectivity index (χ0v) is 16.0. The summed E-state index contributed by atoms with van der Waals surface area (Å²) < 4.78 is 0. The molecule has 7 nitrogen and oxygen atoms in total. The number of phenols is 1. The first-order chi connectivity index (χ1) is 13.5. The van der Waals surface area contributed by atoms with Crippen LogP contribution in [0.1, 0.15) is 37.3 Å². The number of nitrogens with one attached hydrogen (secondary N) is 2. The molecule has 1 aromatic carbocycles. The van der Waals surface area contributed by atoms with Gasteiger partial charge in [-0.2, -0.15) is 5.26 Å². The number of anilines is 2. The molecule has 0 aliphatic heterocycles. The van der Waals surface area contributed by atoms with E-state index in [4.69, 9.17) is 5.73 Å². The Morgan fingerprint density at radius 3 is 2.86 bits per heavy atom. The van der Waals surface area contributed by atoms with E-state index in [1.807, 2.05) is 12.1 Å². The van der Waals surface area contributed by atoms with Crippen LogP contribution >= 0.6 is 0 Å². The number of aryl methyl sites for hydroxylation is 1. The number of aromatic nitrogens is 1. The molecule has 1 aromatic heterocycles. The van der Waals surface area contributed by atoms with Crippen molar-refractivity contribution >= 4 is 17.4 Å². The fourth-order valence-electron chi connectivity index (χ4n) is 3.24. The van der Waals surface area contributed by atoms with Crippen LogP contribution in [0.25, 0.3) is 11.3 Å². The number of nitrogens with zero attached hydrogens (tertiary/aromatic N) is 2. The van der Waals surface area contributed by atoms with Gasteiger partial charge < -0.3 is 21.5 Å². The number of benzene rings is 1. The monoisotopic (exact) mass is 379 g/mol. The molecular formula is C21H25N5O2. The zero-order valence-electron chi connectivity index (χ0n) is 16.0. The Hall–Kier alpha value is -3.27. The fraction of sp³-hybridized carbons (Fsp3) is 0.381. The smallest absolute Gasteiger partial charge is 0.216 e. The van der Waals surface area contributed by atoms with Gasteiger partial charge in [-0.3, -0.25) is 4.79 Å². The van der Waals surface area contributed by atoms with Gasteiger partial charge >= 0.3 is 0 Å². The van der Waals surface area contributed by atoms with Crippen molar-refractivity contribution in [2.75, 3.05) is 24.1 Å². The van der Waals surface area contributed by atoms with Crippen LogP contribution in [0.3, 0.4) is 0 Å². The molecule has 0 unspecified atom stereocenters. The number of carbonyl (C=O) groups is 1. The van der Waals surface area contributed by atoms with Crippen LogP contribution in [-0.4, -0.2) is 29.1 Å². The first-order valence-electron chi connectivity index (χ1n) is 9.49. The number of nitriles is 1. The molecule has 2 aromatic rings. The van der Waals surface area contributed by atoms with Gasteiger partial charge in [0.2, 0.25) is 5.91 Å². The first kappa shape index (κ1) is 19.5. The number of nitrogens with two attached hydrogens (primary N) is 1. The van der Waals surface area contributed by atoms with Crippen LogP contribution in [0, 0.1) is 17.2 Å². The number of hydrogen-bond donors (Lipinski definition) is 4. The highest BCUT2D eigenvalue weighted by atomic mass is 16.3. The van der Waals surface area contributed by atoms with Crippen molar-refractivity contribution in [1.29, 1.82) is 5.26 Å². The van der Waals surface area contributed by atoms with Crippen LogP contribution in [-0.2, 0) is 11.2 Å². The van der Waals surface area contributed by atoms with Crippen LogP contribution in [0.15, 0.2) is 24.3 Å². The Morgan fingerprint density at radius 1 is 1.39 bits per heavy atom. The maximum Gasteiger partial charge on any atom is 0.216 e. The Kier molecular flexibility index (Phi) is 5.99. The second kappa shape index (κ2) is 8.61. The van der Waals surface area contributed by atoms with Crippen molar-refractivity contribution in [3.63, 3.8) is 0 Å². The second-order valence-electron chi connectivity index (χ2n) is 7.13. The minimum atomic E-state index is -0.119. The van der Waals surface area contributed by atoms with E-state index < -0.39 is 0 Å². The maximum atomic E-state index is 11.0. The quantitative estimate of drug-likeness (QED) is 0.523. The molecule has 1 aliphatic carbocycles. The standard InChI is InChI=1S/C21H25N5O2/c1-13(27)24-9-10-25-17-11-18(26-21(23)16(17)12-22)20-15(3-2-4-19(20)28)8-7-14-5-6-14/h2-4,11,14,28H,5-10H2,1H3,(H,24,27)(H3,23,25,26). The largest absolute Gasteiger partial charge is 0.507 e. The highest BCUT2D eigenvalue weighted by Gasteiger charge is 2.22. The summed E-state index contributed by atoms with van der Waals surface area (Å²) in [5, 5.41) is 25.8. The maximum absolute atomic E-state index is 11.0. The van der Waals surface area contributed by atoms with E-state index in [0.717, 1.165) is 24.3 Å². The van der Waals surface area contributed by atoms with Gasteiger partial charge in [0.05, 0.1) is 11.4 Å². The van der Waals surface area contributed by atoms with Crippen LogP contribution < -0.4 is 16.4 Å². The van der Waals surface area contributed by atoms with Gasteiger partial charge in [-0.15, -0.1) is 0 Å². The van der Waals surface area contributed by atoms with Gasteiger partial charge in [0.25, 0.3) is 0 Å². The van der Waals surface area contributed by atoms with Crippen molar-refractivity contribution < 1.29 is 9.90 Å². The summed E-state index contributed by atoms with van der Waals surface area (Å²) >= 11 is 0. The Balaban J connectivity index is 1.91. The summed E-state index contributed by atoms with van der Waals surface area (Å²) in [7, 11) is 0. The van der Waals surface area contributed by atoms with Crippen LogP contribution in [0.5, 0.6) is 5.75 Å². The van der Waals surface area contributed by atoms with Gasteiger partial charge in [0, 0.05) is 25.6 Å². The minimum Gasteiger partial charge on any atom is -0.507 e. The number of amides is 1. The highest BCUT2D eigenvalue weighted by molar-refractivity contribution is 5.79. The molecule has 0 bridgehead atoms. The lowest BCUT2D eigenvalue weighted by Crippen LogP contribution is -2.26. The summed E-state index contributed by atoms with van der Waals surface area (Å²) in [5.41, 5.74) is 9.02. The fourth-order valence-corrected chi connectivity index (χ4v) is 3.24. The molecule has 1 aliphatic rings. The molecule has 0 spiro atoms. The van der Waals surface area contributed by atoms with Crippen molar-refractivity contribution in [1.82, 2.24) is 10.3 Å². The molecule has 1 fully saturated rings. The average molecular weight is 379 g/mol. The third-order valence-electron chi connectivity index (χ3n) is 4.88. The van der Waals surface area contributed by atoms with E-state index in [9.17, 15) is 15.2 Å². The molecule has 1 heterocycles. The van der Waals surface area contributed by atoms with Gasteiger partial charge in [-0.25, -0.2) is 4.98 Å². The zero-order chi connectivity index (χ0) is 20.1. The molecule has 0 saturated heterocycles. The summed E-state index contributed by atoms with van der Waals surface area (Å²) in [6.45, 7) is 2.30. The molecule has 1 saturated carbocycles. The highest BCUT2D eigenvalue weighted by Crippen LogP contribution is 2.38. The second-order valence-corrected chi connectivity index (χ2v) is 7.13. The summed E-state index contributed by atoms with van der Waals surface area (Å²) in [5.74, 6) is 0.916. The van der Waals surface area contributed by atoms with Crippen molar-refractivity contribution in [2.45, 2.75) is 32.6 Å². The van der Waals surface area contributed by atoms with E-state index in [0.29, 0.717) is 30.0 Å². The normalized spacial score (nSPS) is 13.0. The van der Waals surface area contributed by atoms with E-state index in [2.05, 4.69) is 21.7 Å². The molecule has 146 valence electrons. The summed E-state index contributed by atoms with van der Waals surface area (Å²) in [6, 6.07) is 9.27. The van der Waals surface area contributed by atoms with Gasteiger partial charge in [0.1, 0.15) is 23.2 Å². The molecule has 0 radical (unpaired) electrons. The summed E-state index contributed by atoms with van der Waals surface area (Å²) in [6.07, 6.45) is 4.50. The number of nitrogen functional groups attached to an aromatic ring is 1. The molecule has 7 heteroatoms. The Bertz CT molecular complexity index is 916. The lowest BCUT2D eigenvalue weighted by atomic mass is 9.97. The molecular weight excluding hydrogens is 354 g/mol. The predicted molar refractivity (Wildman–Crippen MR) is 109 cm³/mol. The number of aromatic hydroxyl groups is 1. The topological polar surface area (TPSA) is 124 Å². The Labute approximate surface area is 164 Å². The van der Waals surface area contributed by atoms with Crippen LogP contribution in [0.2, 0.25) is 0 Å². The third kappa shape index (κ3) is 4.71. The number of hydrogen-bond acceptors (Lipinski definition) is 6. The van der Waals surface area contributed by atoms with Gasteiger partial charge in [0.15, 0.2) is 0 Å². The lowest BCUT2D eigenvalue weighted by molar-refractivity contribution is -0.118. The number of rotatable bonds is 8. The molecule has 0 atom stereocenters.